The minimum Gasteiger partial charge on any atom is -0.312 e. The number of fused-ring (bicyclic) bond motifs is 1. The van der Waals surface area contributed by atoms with Gasteiger partial charge < -0.3 is 5.32 Å². The van der Waals surface area contributed by atoms with E-state index in [-0.39, 0.29) is 12.4 Å². The van der Waals surface area contributed by atoms with Crippen molar-refractivity contribution in [1.82, 2.24) is 5.32 Å². The van der Waals surface area contributed by atoms with Crippen LogP contribution in [-0.4, -0.2) is 6.54 Å². The second-order valence-corrected chi connectivity index (χ2v) is 4.19. The molecule has 1 saturated carbocycles. The van der Waals surface area contributed by atoms with E-state index in [9.17, 15) is 0 Å². The third-order valence-electron chi connectivity index (χ3n) is 3.19. The normalized spacial score (nSPS) is 19.7. The molecule has 0 unspecified atom stereocenters. The average Bonchev–Trinajstić information content (AvgIpc) is 3.00. The van der Waals surface area contributed by atoms with E-state index in [1.54, 1.807) is 11.1 Å². The Morgan fingerprint density at radius 1 is 1.21 bits per heavy atom. The molecule has 3 rings (SSSR count). The van der Waals surface area contributed by atoms with Crippen molar-refractivity contribution in [2.75, 3.05) is 6.54 Å². The van der Waals surface area contributed by atoms with Crippen LogP contribution in [0, 0.1) is 0 Å². The van der Waals surface area contributed by atoms with Crippen LogP contribution < -0.4 is 5.32 Å². The highest BCUT2D eigenvalue weighted by molar-refractivity contribution is 5.85. The van der Waals surface area contributed by atoms with Gasteiger partial charge in [0.2, 0.25) is 0 Å². The molecule has 0 saturated heterocycles. The van der Waals surface area contributed by atoms with Crippen LogP contribution in [0.25, 0.3) is 0 Å². The van der Waals surface area contributed by atoms with E-state index in [1.807, 2.05) is 0 Å². The predicted octanol–water partition coefficient (Wildman–Crippen LogP) is 2.63. The fraction of sp³-hybridized carbons (Fsp3) is 0.500. The highest BCUT2D eigenvalue weighted by Gasteiger charge is 2.27. The molecule has 1 aliphatic heterocycles. The van der Waals surface area contributed by atoms with Gasteiger partial charge in [0.1, 0.15) is 0 Å². The molecule has 76 valence electrons. The van der Waals surface area contributed by atoms with Crippen LogP contribution in [0.5, 0.6) is 0 Å². The summed E-state index contributed by atoms with van der Waals surface area (Å²) in [5.41, 5.74) is 4.85. The van der Waals surface area contributed by atoms with Crippen LogP contribution in [0.4, 0.5) is 0 Å². The molecule has 1 N–H and O–H groups in total. The van der Waals surface area contributed by atoms with Crippen molar-refractivity contribution in [2.24, 2.45) is 0 Å². The van der Waals surface area contributed by atoms with Crippen molar-refractivity contribution in [3.63, 3.8) is 0 Å². The van der Waals surface area contributed by atoms with Gasteiger partial charge in [0.25, 0.3) is 0 Å². The lowest BCUT2D eigenvalue weighted by Crippen LogP contribution is -2.24. The smallest absolute Gasteiger partial charge is 0.0208 e. The molecule has 1 aromatic carbocycles. The lowest BCUT2D eigenvalue weighted by Gasteiger charge is -2.20. The van der Waals surface area contributed by atoms with E-state index >= 15 is 0 Å². The minimum absolute atomic E-state index is 0. The number of hydrogen-bond acceptors (Lipinski definition) is 1. The summed E-state index contributed by atoms with van der Waals surface area (Å²) in [5, 5.41) is 3.43. The molecule has 0 spiro atoms. The zero-order valence-corrected chi connectivity index (χ0v) is 9.07. The van der Waals surface area contributed by atoms with Crippen LogP contribution in [0.2, 0.25) is 0 Å². The van der Waals surface area contributed by atoms with Crippen LogP contribution in [0.3, 0.4) is 0 Å². The standard InChI is InChI=1S/C12H15N.ClH/c1-2-10-8-13-7-6-12(10)11(3-1)9-4-5-9;/h1-3,9,13H,4-8H2;1H. The summed E-state index contributed by atoms with van der Waals surface area (Å²) in [5.74, 6) is 0.910. The largest absolute Gasteiger partial charge is 0.312 e. The molecule has 1 heterocycles. The Morgan fingerprint density at radius 3 is 2.86 bits per heavy atom. The monoisotopic (exact) mass is 209 g/mol. The van der Waals surface area contributed by atoms with Crippen molar-refractivity contribution in [3.8, 4) is 0 Å². The summed E-state index contributed by atoms with van der Waals surface area (Å²) in [6, 6.07) is 6.83. The molecular formula is C12H16ClN. The summed E-state index contributed by atoms with van der Waals surface area (Å²) >= 11 is 0. The van der Waals surface area contributed by atoms with Crippen LogP contribution in [0.15, 0.2) is 18.2 Å². The van der Waals surface area contributed by atoms with Crippen molar-refractivity contribution in [1.29, 1.82) is 0 Å². The Labute approximate surface area is 91.3 Å². The molecule has 2 aliphatic rings. The summed E-state index contributed by atoms with van der Waals surface area (Å²) in [4.78, 5) is 0. The maximum Gasteiger partial charge on any atom is 0.0208 e. The first-order valence-electron chi connectivity index (χ1n) is 5.26. The number of benzene rings is 1. The highest BCUT2D eigenvalue weighted by Crippen LogP contribution is 2.42. The van der Waals surface area contributed by atoms with Crippen LogP contribution in [-0.2, 0) is 13.0 Å². The zero-order chi connectivity index (χ0) is 8.67. The van der Waals surface area contributed by atoms with Gasteiger partial charge in [0.05, 0.1) is 0 Å². The topological polar surface area (TPSA) is 12.0 Å². The van der Waals surface area contributed by atoms with E-state index in [1.165, 1.54) is 24.8 Å². The van der Waals surface area contributed by atoms with E-state index < -0.39 is 0 Å². The van der Waals surface area contributed by atoms with Crippen molar-refractivity contribution >= 4 is 12.4 Å². The summed E-state index contributed by atoms with van der Waals surface area (Å²) < 4.78 is 0. The molecule has 1 fully saturated rings. The molecule has 0 aromatic heterocycles. The Morgan fingerprint density at radius 2 is 2.07 bits per heavy atom. The highest BCUT2D eigenvalue weighted by atomic mass is 35.5. The molecular weight excluding hydrogens is 194 g/mol. The Kier molecular flexibility index (Phi) is 2.80. The van der Waals surface area contributed by atoms with Gasteiger partial charge in [-0.2, -0.15) is 0 Å². The van der Waals surface area contributed by atoms with Gasteiger partial charge in [-0.05, 0) is 48.4 Å². The molecule has 1 aromatic rings. The molecule has 0 bridgehead atoms. The lowest BCUT2D eigenvalue weighted by atomic mass is 9.93. The number of nitrogens with one attached hydrogen (secondary N) is 1. The van der Waals surface area contributed by atoms with Gasteiger partial charge >= 0.3 is 0 Å². The first kappa shape index (κ1) is 10.0. The van der Waals surface area contributed by atoms with Crippen molar-refractivity contribution < 1.29 is 0 Å². The first-order chi connectivity index (χ1) is 6.45. The maximum atomic E-state index is 3.43. The third-order valence-corrected chi connectivity index (χ3v) is 3.19. The van der Waals surface area contributed by atoms with Crippen molar-refractivity contribution in [2.45, 2.75) is 31.7 Å². The summed E-state index contributed by atoms with van der Waals surface area (Å²) in [7, 11) is 0. The Balaban J connectivity index is 0.000000750. The second kappa shape index (κ2) is 3.92. The van der Waals surface area contributed by atoms with Gasteiger partial charge in [0, 0.05) is 6.54 Å². The average molecular weight is 210 g/mol. The molecule has 0 amide bonds. The summed E-state index contributed by atoms with van der Waals surface area (Å²) in [6.07, 6.45) is 4.08. The van der Waals surface area contributed by atoms with Crippen LogP contribution >= 0.6 is 12.4 Å². The molecule has 0 atom stereocenters. The number of rotatable bonds is 1. The Bertz CT molecular complexity index is 331. The zero-order valence-electron chi connectivity index (χ0n) is 8.25. The van der Waals surface area contributed by atoms with Gasteiger partial charge in [-0.25, -0.2) is 0 Å². The van der Waals surface area contributed by atoms with Crippen LogP contribution in [0.1, 0.15) is 35.4 Å². The summed E-state index contributed by atoms with van der Waals surface area (Å²) in [6.45, 7) is 2.24. The maximum absolute atomic E-state index is 3.43. The van der Waals surface area contributed by atoms with Gasteiger partial charge in [-0.15, -0.1) is 12.4 Å². The SMILES string of the molecule is Cl.c1cc2c(c(C3CC3)c1)CCNC2. The number of halogens is 1. The Hall–Kier alpha value is -0.530. The first-order valence-corrected chi connectivity index (χ1v) is 5.26. The quantitative estimate of drug-likeness (QED) is 0.750. The van der Waals surface area contributed by atoms with E-state index in [2.05, 4.69) is 23.5 Å². The van der Waals surface area contributed by atoms with Gasteiger partial charge in [0.15, 0.2) is 0 Å². The van der Waals surface area contributed by atoms with Gasteiger partial charge in [-0.3, -0.25) is 0 Å². The molecule has 2 heteroatoms. The number of hydrogen-bond donors (Lipinski definition) is 1. The van der Waals surface area contributed by atoms with Crippen molar-refractivity contribution in [3.05, 3.63) is 34.9 Å². The minimum atomic E-state index is 0. The molecule has 1 aliphatic carbocycles. The van der Waals surface area contributed by atoms with E-state index in [0.29, 0.717) is 0 Å². The molecule has 1 nitrogen and oxygen atoms in total. The molecule has 14 heavy (non-hydrogen) atoms. The lowest BCUT2D eigenvalue weighted by molar-refractivity contribution is 0.638. The predicted molar refractivity (Wildman–Crippen MR) is 61.1 cm³/mol. The third kappa shape index (κ3) is 1.67. The van der Waals surface area contributed by atoms with E-state index in [4.69, 9.17) is 0 Å². The van der Waals surface area contributed by atoms with E-state index in [0.717, 1.165) is 19.0 Å². The molecule has 0 radical (unpaired) electrons. The second-order valence-electron chi connectivity index (χ2n) is 4.19. The fourth-order valence-electron chi connectivity index (χ4n) is 2.34. The fourth-order valence-corrected chi connectivity index (χ4v) is 2.34. The van der Waals surface area contributed by atoms with Gasteiger partial charge in [-0.1, -0.05) is 18.2 Å².